The first kappa shape index (κ1) is 48.1. The van der Waals surface area contributed by atoms with Gasteiger partial charge in [0.15, 0.2) is 6.10 Å². The van der Waals surface area contributed by atoms with E-state index < -0.39 is 6.10 Å². The number of carbonyl (C=O) groups is 3. The van der Waals surface area contributed by atoms with Gasteiger partial charge < -0.3 is 14.2 Å². The molecular formula is C45H76O6. The van der Waals surface area contributed by atoms with E-state index in [0.717, 1.165) is 77.0 Å². The molecule has 1 atom stereocenters. The number of unbranched alkanes of at least 4 members (excludes halogenated alkanes) is 15. The van der Waals surface area contributed by atoms with E-state index in [1.807, 2.05) is 0 Å². The van der Waals surface area contributed by atoms with Gasteiger partial charge in [0.25, 0.3) is 0 Å². The largest absolute Gasteiger partial charge is 0.462 e. The highest BCUT2D eigenvalue weighted by Gasteiger charge is 2.19. The number of ether oxygens (including phenoxy) is 3. The fourth-order valence-electron chi connectivity index (χ4n) is 5.42. The minimum absolute atomic E-state index is 0.0915. The Morgan fingerprint density at radius 3 is 1.20 bits per heavy atom. The second-order valence-electron chi connectivity index (χ2n) is 13.5. The third kappa shape index (κ3) is 38.2. The van der Waals surface area contributed by atoms with Crippen LogP contribution in [0.25, 0.3) is 0 Å². The summed E-state index contributed by atoms with van der Waals surface area (Å²) in [6.07, 6.45) is 46.6. The minimum Gasteiger partial charge on any atom is -0.462 e. The summed E-state index contributed by atoms with van der Waals surface area (Å²) >= 11 is 0. The summed E-state index contributed by atoms with van der Waals surface area (Å²) in [5.41, 5.74) is 0. The van der Waals surface area contributed by atoms with Crippen LogP contribution in [-0.4, -0.2) is 37.2 Å². The van der Waals surface area contributed by atoms with Crippen LogP contribution in [0.5, 0.6) is 0 Å². The van der Waals surface area contributed by atoms with Crippen LogP contribution in [0.3, 0.4) is 0 Å². The van der Waals surface area contributed by atoms with Gasteiger partial charge in [0.1, 0.15) is 13.2 Å². The third-order valence-corrected chi connectivity index (χ3v) is 8.54. The maximum absolute atomic E-state index is 12.6. The number of allylic oxidation sites excluding steroid dienone is 10. The Hall–Kier alpha value is -2.89. The minimum atomic E-state index is -0.788. The smallest absolute Gasteiger partial charge is 0.306 e. The van der Waals surface area contributed by atoms with Crippen LogP contribution in [0.4, 0.5) is 0 Å². The van der Waals surface area contributed by atoms with Crippen LogP contribution < -0.4 is 0 Å². The highest BCUT2D eigenvalue weighted by atomic mass is 16.6. The molecule has 0 radical (unpaired) electrons. The molecule has 0 aromatic carbocycles. The van der Waals surface area contributed by atoms with Crippen molar-refractivity contribution in [2.24, 2.45) is 0 Å². The number of rotatable bonds is 36. The molecule has 0 aliphatic heterocycles. The maximum Gasteiger partial charge on any atom is 0.306 e. The molecule has 0 aromatic rings. The zero-order valence-corrected chi connectivity index (χ0v) is 33.1. The van der Waals surface area contributed by atoms with Crippen LogP contribution in [0.1, 0.15) is 188 Å². The van der Waals surface area contributed by atoms with Crippen molar-refractivity contribution in [2.75, 3.05) is 13.2 Å². The predicted octanol–water partition coefficient (Wildman–Crippen LogP) is 13.0. The molecule has 6 nitrogen and oxygen atoms in total. The van der Waals surface area contributed by atoms with Crippen molar-refractivity contribution >= 4 is 17.9 Å². The Labute approximate surface area is 313 Å². The van der Waals surface area contributed by atoms with Crippen LogP contribution in [0.15, 0.2) is 60.8 Å². The van der Waals surface area contributed by atoms with Crippen molar-refractivity contribution in [1.29, 1.82) is 0 Å². The molecule has 1 unspecified atom stereocenters. The lowest BCUT2D eigenvalue weighted by molar-refractivity contribution is -0.167. The van der Waals surface area contributed by atoms with Crippen molar-refractivity contribution < 1.29 is 28.6 Å². The van der Waals surface area contributed by atoms with Crippen molar-refractivity contribution in [3.8, 4) is 0 Å². The Morgan fingerprint density at radius 2 is 0.765 bits per heavy atom. The number of hydrogen-bond donors (Lipinski definition) is 0. The monoisotopic (exact) mass is 713 g/mol. The Kier molecular flexibility index (Phi) is 37.6. The van der Waals surface area contributed by atoms with E-state index in [2.05, 4.69) is 81.5 Å². The molecule has 51 heavy (non-hydrogen) atoms. The third-order valence-electron chi connectivity index (χ3n) is 8.54. The molecule has 0 saturated carbocycles. The molecule has 0 fully saturated rings. The van der Waals surface area contributed by atoms with Gasteiger partial charge in [-0.15, -0.1) is 0 Å². The molecule has 0 aliphatic carbocycles. The van der Waals surface area contributed by atoms with Crippen LogP contribution in [-0.2, 0) is 28.6 Å². The summed E-state index contributed by atoms with van der Waals surface area (Å²) in [7, 11) is 0. The molecule has 0 rings (SSSR count). The molecule has 0 amide bonds. The van der Waals surface area contributed by atoms with E-state index in [9.17, 15) is 14.4 Å². The molecule has 0 spiro atoms. The van der Waals surface area contributed by atoms with Gasteiger partial charge in [-0.1, -0.05) is 171 Å². The standard InChI is InChI=1S/C45H76O6/c1-4-7-10-13-16-18-20-21-22-23-24-25-26-28-29-32-35-38-44(47)50-41-42(40-49-43(46)37-34-31-15-12-9-6-3)51-45(48)39-36-33-30-27-19-17-14-11-8-5-2/h7,10,16,18,21-22,24-25,28-29,42H,4-6,8-9,11-15,17,19-20,23,26-27,30-41H2,1-3H3/b10-7-,18-16-,22-21-,25-24-,29-28-. The lowest BCUT2D eigenvalue weighted by atomic mass is 10.1. The van der Waals surface area contributed by atoms with Crippen molar-refractivity contribution in [3.05, 3.63) is 60.8 Å². The number of esters is 3. The van der Waals surface area contributed by atoms with Crippen molar-refractivity contribution in [1.82, 2.24) is 0 Å². The zero-order valence-electron chi connectivity index (χ0n) is 33.1. The van der Waals surface area contributed by atoms with Gasteiger partial charge in [0.05, 0.1) is 0 Å². The Balaban J connectivity index is 4.39. The highest BCUT2D eigenvalue weighted by molar-refractivity contribution is 5.71. The van der Waals surface area contributed by atoms with E-state index in [1.54, 1.807) is 0 Å². The molecule has 6 heteroatoms. The Morgan fingerprint density at radius 1 is 0.412 bits per heavy atom. The van der Waals surface area contributed by atoms with Crippen LogP contribution in [0, 0.1) is 0 Å². The summed E-state index contributed by atoms with van der Waals surface area (Å²) in [5.74, 6) is -0.970. The molecular weight excluding hydrogens is 636 g/mol. The van der Waals surface area contributed by atoms with Crippen molar-refractivity contribution in [2.45, 2.75) is 194 Å². The number of hydrogen-bond acceptors (Lipinski definition) is 6. The topological polar surface area (TPSA) is 78.9 Å². The van der Waals surface area contributed by atoms with E-state index in [0.29, 0.717) is 19.3 Å². The van der Waals surface area contributed by atoms with Crippen molar-refractivity contribution in [3.63, 3.8) is 0 Å². The van der Waals surface area contributed by atoms with Gasteiger partial charge in [-0.2, -0.15) is 0 Å². The number of carbonyl (C=O) groups excluding carboxylic acids is 3. The summed E-state index contributed by atoms with van der Waals surface area (Å²) in [6, 6.07) is 0. The van der Waals surface area contributed by atoms with Gasteiger partial charge in [-0.25, -0.2) is 0 Å². The van der Waals surface area contributed by atoms with E-state index in [-0.39, 0.29) is 37.5 Å². The fourth-order valence-corrected chi connectivity index (χ4v) is 5.42. The van der Waals surface area contributed by atoms with E-state index in [4.69, 9.17) is 14.2 Å². The fraction of sp³-hybridized carbons (Fsp3) is 0.711. The highest BCUT2D eigenvalue weighted by Crippen LogP contribution is 2.13. The van der Waals surface area contributed by atoms with Gasteiger partial charge in [-0.3, -0.25) is 14.4 Å². The summed E-state index contributed by atoms with van der Waals surface area (Å²) < 4.78 is 16.5. The normalized spacial score (nSPS) is 12.6. The van der Waals surface area contributed by atoms with Gasteiger partial charge >= 0.3 is 17.9 Å². The second kappa shape index (κ2) is 39.9. The maximum atomic E-state index is 12.6. The lowest BCUT2D eigenvalue weighted by Crippen LogP contribution is -2.30. The molecule has 0 heterocycles. The lowest BCUT2D eigenvalue weighted by Gasteiger charge is -2.18. The van der Waals surface area contributed by atoms with Gasteiger partial charge in [-0.05, 0) is 57.8 Å². The Bertz CT molecular complexity index is 960. The average Bonchev–Trinajstić information content (AvgIpc) is 3.13. The summed E-state index contributed by atoms with van der Waals surface area (Å²) in [4.78, 5) is 37.4. The predicted molar refractivity (Wildman–Crippen MR) is 215 cm³/mol. The molecule has 0 bridgehead atoms. The van der Waals surface area contributed by atoms with Crippen LogP contribution >= 0.6 is 0 Å². The average molecular weight is 713 g/mol. The van der Waals surface area contributed by atoms with Gasteiger partial charge in [0.2, 0.25) is 0 Å². The molecule has 0 N–H and O–H groups in total. The first-order valence-electron chi connectivity index (χ1n) is 20.8. The molecule has 292 valence electrons. The SMILES string of the molecule is CC/C=C\C/C=C\C/C=C\C/C=C\C/C=C\CCCC(=O)OCC(COC(=O)CCCCCCCC)OC(=O)CCCCCCCCCCCC. The van der Waals surface area contributed by atoms with Gasteiger partial charge in [0, 0.05) is 19.3 Å². The van der Waals surface area contributed by atoms with Crippen LogP contribution in [0.2, 0.25) is 0 Å². The summed E-state index contributed by atoms with van der Waals surface area (Å²) in [6.45, 7) is 6.37. The quantitative estimate of drug-likeness (QED) is 0.0278. The van der Waals surface area contributed by atoms with E-state index >= 15 is 0 Å². The molecule has 0 saturated heterocycles. The molecule has 0 aromatic heterocycles. The first-order chi connectivity index (χ1) is 25.0. The zero-order chi connectivity index (χ0) is 37.3. The second-order valence-corrected chi connectivity index (χ2v) is 13.5. The van der Waals surface area contributed by atoms with E-state index in [1.165, 1.54) is 64.2 Å². The molecule has 0 aliphatic rings. The first-order valence-corrected chi connectivity index (χ1v) is 20.8. The summed E-state index contributed by atoms with van der Waals surface area (Å²) in [5, 5.41) is 0.